The Kier molecular flexibility index (Phi) is 4.30. The quantitative estimate of drug-likeness (QED) is 0.813. The minimum atomic E-state index is -1.01. The number of ether oxygens (including phenoxy) is 3. The van der Waals surface area contributed by atoms with E-state index in [1.54, 1.807) is 6.07 Å². The molecule has 0 saturated heterocycles. The highest BCUT2D eigenvalue weighted by atomic mass is 35.5. The fourth-order valence-corrected chi connectivity index (χ4v) is 5.17. The number of benzene rings is 1. The molecule has 1 heterocycles. The first-order valence-corrected chi connectivity index (χ1v) is 8.57. The molecule has 1 aliphatic heterocycles. The van der Waals surface area contributed by atoms with E-state index in [4.69, 9.17) is 25.8 Å². The summed E-state index contributed by atoms with van der Waals surface area (Å²) in [5.74, 6) is 0.755. The summed E-state index contributed by atoms with van der Waals surface area (Å²) < 4.78 is 15.1. The number of rotatable bonds is 3. The number of carbonyl (C=O) groups excluding carboxylic acids is 2. The van der Waals surface area contributed by atoms with Crippen LogP contribution in [0.1, 0.15) is 23.7 Å². The van der Waals surface area contributed by atoms with Gasteiger partial charge in [-0.1, -0.05) is 30.3 Å². The second kappa shape index (κ2) is 6.01. The van der Waals surface area contributed by atoms with E-state index in [1.807, 2.05) is 6.92 Å². The highest BCUT2D eigenvalue weighted by Crippen LogP contribution is 2.60. The standard InChI is InChI=1S/C17H17ClO5S/c1-8-5-9(19)6-12(23-4)17(8)16(20)13-10(21-2)7-11(22-3)14(18)15(13)24-17/h6-8H,5H2,1-4H3/t8-,17+/m1/s1. The second-order valence-electron chi connectivity index (χ2n) is 5.75. The summed E-state index contributed by atoms with van der Waals surface area (Å²) >= 11 is 7.75. The molecule has 0 unspecified atom stereocenters. The van der Waals surface area contributed by atoms with E-state index < -0.39 is 4.75 Å². The predicted octanol–water partition coefficient (Wildman–Crippen LogP) is 3.52. The number of ketones is 2. The third-order valence-electron chi connectivity index (χ3n) is 4.50. The SMILES string of the molecule is COC1=CC(=O)C[C@@H](C)[C@]12Sc1c(Cl)c(OC)cc(OC)c1C2=O. The van der Waals surface area contributed by atoms with Crippen LogP contribution in [0, 0.1) is 5.92 Å². The van der Waals surface area contributed by atoms with Crippen LogP contribution >= 0.6 is 23.4 Å². The number of Topliss-reactive ketones (excluding diaryl/α,β-unsaturated/α-hetero) is 1. The van der Waals surface area contributed by atoms with Gasteiger partial charge in [-0.05, 0) is 5.92 Å². The Morgan fingerprint density at radius 2 is 1.83 bits per heavy atom. The Morgan fingerprint density at radius 3 is 2.42 bits per heavy atom. The molecule has 5 nitrogen and oxygen atoms in total. The maximum absolute atomic E-state index is 13.4. The molecular formula is C17H17ClO5S. The van der Waals surface area contributed by atoms with Crippen LogP contribution in [0.2, 0.25) is 5.02 Å². The van der Waals surface area contributed by atoms with Crippen molar-refractivity contribution in [1.29, 1.82) is 0 Å². The van der Waals surface area contributed by atoms with Crippen LogP contribution in [-0.2, 0) is 9.53 Å². The molecule has 24 heavy (non-hydrogen) atoms. The Morgan fingerprint density at radius 1 is 1.17 bits per heavy atom. The number of carbonyl (C=O) groups is 2. The van der Waals surface area contributed by atoms with E-state index in [0.29, 0.717) is 32.7 Å². The molecule has 0 amide bonds. The summed E-state index contributed by atoms with van der Waals surface area (Å²) in [5.41, 5.74) is 0.414. The van der Waals surface area contributed by atoms with E-state index >= 15 is 0 Å². The Hall–Kier alpha value is -1.66. The average molecular weight is 369 g/mol. The van der Waals surface area contributed by atoms with Gasteiger partial charge in [-0.15, -0.1) is 0 Å². The van der Waals surface area contributed by atoms with Gasteiger partial charge in [-0.3, -0.25) is 9.59 Å². The Labute approximate surface area is 149 Å². The first-order chi connectivity index (χ1) is 11.4. The molecule has 7 heteroatoms. The van der Waals surface area contributed by atoms with Gasteiger partial charge in [0.2, 0.25) is 0 Å². The predicted molar refractivity (Wildman–Crippen MR) is 91.4 cm³/mol. The van der Waals surface area contributed by atoms with Crippen LogP contribution in [0.3, 0.4) is 0 Å². The number of hydrogen-bond acceptors (Lipinski definition) is 6. The van der Waals surface area contributed by atoms with Gasteiger partial charge >= 0.3 is 0 Å². The van der Waals surface area contributed by atoms with Crippen LogP contribution in [0.15, 0.2) is 22.8 Å². The lowest BCUT2D eigenvalue weighted by Crippen LogP contribution is -2.44. The normalized spacial score (nSPS) is 25.5. The first kappa shape index (κ1) is 17.2. The number of allylic oxidation sites excluding steroid dienone is 1. The van der Waals surface area contributed by atoms with Crippen LogP contribution in [-0.4, -0.2) is 37.6 Å². The molecule has 0 fully saturated rings. The molecule has 0 aromatic heterocycles. The van der Waals surface area contributed by atoms with Crippen molar-refractivity contribution in [1.82, 2.24) is 0 Å². The lowest BCUT2D eigenvalue weighted by molar-refractivity contribution is -0.116. The Balaban J connectivity index is 2.26. The van der Waals surface area contributed by atoms with E-state index in [2.05, 4.69) is 0 Å². The molecule has 1 aromatic rings. The number of hydrogen-bond donors (Lipinski definition) is 0. The summed E-state index contributed by atoms with van der Waals surface area (Å²) in [4.78, 5) is 25.9. The molecule has 2 atom stereocenters. The molecule has 128 valence electrons. The molecule has 0 N–H and O–H groups in total. The fourth-order valence-electron chi connectivity index (χ4n) is 3.30. The van der Waals surface area contributed by atoms with Gasteiger partial charge in [0.05, 0.1) is 31.9 Å². The van der Waals surface area contributed by atoms with E-state index in [1.165, 1.54) is 39.2 Å². The van der Waals surface area contributed by atoms with Crippen molar-refractivity contribution in [3.05, 3.63) is 28.5 Å². The van der Waals surface area contributed by atoms with Gasteiger partial charge in [-0.25, -0.2) is 0 Å². The summed E-state index contributed by atoms with van der Waals surface area (Å²) in [5, 5.41) is 0.364. The van der Waals surface area contributed by atoms with E-state index in [0.717, 1.165) is 0 Å². The first-order valence-electron chi connectivity index (χ1n) is 7.38. The van der Waals surface area contributed by atoms with Crippen molar-refractivity contribution in [3.8, 4) is 11.5 Å². The molecule has 1 aliphatic carbocycles. The highest BCUT2D eigenvalue weighted by molar-refractivity contribution is 8.02. The molecule has 1 spiro atoms. The summed E-state index contributed by atoms with van der Waals surface area (Å²) in [6, 6.07) is 1.60. The zero-order valence-electron chi connectivity index (χ0n) is 13.8. The minimum absolute atomic E-state index is 0.0510. The highest BCUT2D eigenvalue weighted by Gasteiger charge is 2.58. The van der Waals surface area contributed by atoms with E-state index in [-0.39, 0.29) is 23.9 Å². The lowest BCUT2D eigenvalue weighted by atomic mass is 9.78. The van der Waals surface area contributed by atoms with Crippen molar-refractivity contribution >= 4 is 34.9 Å². The van der Waals surface area contributed by atoms with Crippen LogP contribution in [0.5, 0.6) is 11.5 Å². The summed E-state index contributed by atoms with van der Waals surface area (Å²) in [7, 11) is 4.47. The molecule has 2 aliphatic rings. The van der Waals surface area contributed by atoms with Gasteiger partial charge in [-0.2, -0.15) is 0 Å². The average Bonchev–Trinajstić information content (AvgIpc) is 2.87. The molecule has 0 bridgehead atoms. The zero-order chi connectivity index (χ0) is 17.6. The number of methoxy groups -OCH3 is 3. The largest absolute Gasteiger partial charge is 0.499 e. The van der Waals surface area contributed by atoms with Crippen LogP contribution in [0.4, 0.5) is 0 Å². The van der Waals surface area contributed by atoms with Gasteiger partial charge in [0.1, 0.15) is 22.0 Å². The molecule has 0 radical (unpaired) electrons. The number of fused-ring (bicyclic) bond motifs is 1. The van der Waals surface area contributed by atoms with E-state index in [9.17, 15) is 9.59 Å². The van der Waals surface area contributed by atoms with Crippen molar-refractivity contribution in [3.63, 3.8) is 0 Å². The fraction of sp³-hybridized carbons (Fsp3) is 0.412. The lowest BCUT2D eigenvalue weighted by Gasteiger charge is -2.36. The molecule has 3 rings (SSSR count). The second-order valence-corrected chi connectivity index (χ2v) is 7.38. The maximum Gasteiger partial charge on any atom is 0.192 e. The third kappa shape index (κ3) is 2.16. The van der Waals surface area contributed by atoms with Gasteiger partial charge in [0.15, 0.2) is 11.6 Å². The summed E-state index contributed by atoms with van der Waals surface area (Å²) in [6.07, 6.45) is 1.69. The van der Waals surface area contributed by atoms with Crippen molar-refractivity contribution in [2.24, 2.45) is 5.92 Å². The smallest absolute Gasteiger partial charge is 0.192 e. The van der Waals surface area contributed by atoms with Gasteiger partial charge in [0, 0.05) is 23.5 Å². The topological polar surface area (TPSA) is 61.8 Å². The van der Waals surface area contributed by atoms with Crippen molar-refractivity contribution in [2.45, 2.75) is 23.0 Å². The van der Waals surface area contributed by atoms with Crippen molar-refractivity contribution < 1.29 is 23.8 Å². The van der Waals surface area contributed by atoms with Gasteiger partial charge < -0.3 is 14.2 Å². The number of halogens is 1. The number of thioether (sulfide) groups is 1. The van der Waals surface area contributed by atoms with Crippen LogP contribution in [0.25, 0.3) is 0 Å². The molecule has 1 aromatic carbocycles. The Bertz CT molecular complexity index is 773. The monoisotopic (exact) mass is 368 g/mol. The van der Waals surface area contributed by atoms with Crippen molar-refractivity contribution in [2.75, 3.05) is 21.3 Å². The van der Waals surface area contributed by atoms with Crippen LogP contribution < -0.4 is 9.47 Å². The zero-order valence-corrected chi connectivity index (χ0v) is 15.3. The third-order valence-corrected chi connectivity index (χ3v) is 6.71. The maximum atomic E-state index is 13.4. The summed E-state index contributed by atoms with van der Waals surface area (Å²) in [6.45, 7) is 1.87. The molecular weight excluding hydrogens is 352 g/mol. The minimum Gasteiger partial charge on any atom is -0.499 e. The molecule has 0 saturated carbocycles. The van der Waals surface area contributed by atoms with Gasteiger partial charge in [0.25, 0.3) is 0 Å².